The Kier molecular flexibility index (Phi) is 4.49. The van der Waals surface area contributed by atoms with Gasteiger partial charge in [0.1, 0.15) is 0 Å². The Balaban J connectivity index is 2.66. The molecule has 0 aliphatic heterocycles. The standard InChI is InChI=1S/C11H14F2O2/c1-8(14)9-3-4-11(10(13)7-9)15-6-2-5-12/h3-4,7-8,14H,2,5-6H2,1H3. The van der Waals surface area contributed by atoms with Crippen LogP contribution in [0, 0.1) is 5.82 Å². The number of benzene rings is 1. The zero-order valence-corrected chi connectivity index (χ0v) is 8.54. The first-order valence-electron chi connectivity index (χ1n) is 4.81. The minimum absolute atomic E-state index is 0.0906. The van der Waals surface area contributed by atoms with Crippen LogP contribution in [0.15, 0.2) is 18.2 Å². The smallest absolute Gasteiger partial charge is 0.165 e. The van der Waals surface area contributed by atoms with Crippen LogP contribution >= 0.6 is 0 Å². The SMILES string of the molecule is CC(O)c1ccc(OCCCF)c(F)c1. The molecule has 0 aromatic heterocycles. The van der Waals surface area contributed by atoms with E-state index in [1.165, 1.54) is 12.1 Å². The topological polar surface area (TPSA) is 29.5 Å². The lowest BCUT2D eigenvalue weighted by molar-refractivity contribution is 0.198. The van der Waals surface area contributed by atoms with Crippen molar-refractivity contribution < 1.29 is 18.6 Å². The lowest BCUT2D eigenvalue weighted by Crippen LogP contribution is -2.01. The Morgan fingerprint density at radius 3 is 2.73 bits per heavy atom. The Morgan fingerprint density at radius 1 is 1.47 bits per heavy atom. The number of rotatable bonds is 5. The fourth-order valence-electron chi connectivity index (χ4n) is 1.13. The van der Waals surface area contributed by atoms with E-state index >= 15 is 0 Å². The molecule has 0 bridgehead atoms. The first kappa shape index (κ1) is 11.9. The third-order valence-corrected chi connectivity index (χ3v) is 1.97. The summed E-state index contributed by atoms with van der Waals surface area (Å²) in [5.74, 6) is -0.444. The summed E-state index contributed by atoms with van der Waals surface area (Å²) < 4.78 is 30.1. The van der Waals surface area contributed by atoms with Crippen molar-refractivity contribution in [2.75, 3.05) is 13.3 Å². The molecule has 1 aromatic carbocycles. The predicted octanol–water partition coefficient (Wildman–Crippen LogP) is 2.62. The van der Waals surface area contributed by atoms with Gasteiger partial charge in [-0.15, -0.1) is 0 Å². The molecule has 2 nitrogen and oxygen atoms in total. The molecule has 1 atom stereocenters. The Bertz CT molecular complexity index is 313. The van der Waals surface area contributed by atoms with Gasteiger partial charge in [0, 0.05) is 6.42 Å². The molecule has 0 radical (unpaired) electrons. The van der Waals surface area contributed by atoms with E-state index in [0.717, 1.165) is 0 Å². The molecule has 84 valence electrons. The zero-order valence-electron chi connectivity index (χ0n) is 8.54. The number of hydrogen-bond acceptors (Lipinski definition) is 2. The molecule has 1 aromatic rings. The normalized spacial score (nSPS) is 12.5. The van der Waals surface area contributed by atoms with Crippen LogP contribution in [0.1, 0.15) is 25.0 Å². The van der Waals surface area contributed by atoms with Gasteiger partial charge in [-0.25, -0.2) is 4.39 Å². The lowest BCUT2D eigenvalue weighted by atomic mass is 10.1. The number of ether oxygens (including phenoxy) is 1. The molecule has 0 spiro atoms. The lowest BCUT2D eigenvalue weighted by Gasteiger charge is -2.09. The van der Waals surface area contributed by atoms with Crippen LogP contribution in [0.25, 0.3) is 0 Å². The molecular formula is C11H14F2O2. The summed E-state index contributed by atoms with van der Waals surface area (Å²) in [5.41, 5.74) is 0.491. The van der Waals surface area contributed by atoms with Gasteiger partial charge >= 0.3 is 0 Å². The first-order chi connectivity index (χ1) is 7.15. The number of aliphatic hydroxyl groups excluding tert-OH is 1. The molecule has 0 saturated carbocycles. The molecule has 0 aliphatic rings. The third-order valence-electron chi connectivity index (χ3n) is 1.97. The van der Waals surface area contributed by atoms with Gasteiger partial charge in [0.2, 0.25) is 0 Å². The molecule has 1 unspecified atom stereocenters. The maximum absolute atomic E-state index is 13.3. The first-order valence-corrected chi connectivity index (χ1v) is 4.81. The van der Waals surface area contributed by atoms with Crippen LogP contribution in [-0.2, 0) is 0 Å². The monoisotopic (exact) mass is 216 g/mol. The molecular weight excluding hydrogens is 202 g/mol. The van der Waals surface area contributed by atoms with Gasteiger partial charge in [0.25, 0.3) is 0 Å². The van der Waals surface area contributed by atoms with Crippen LogP contribution in [-0.4, -0.2) is 18.4 Å². The Hall–Kier alpha value is -1.16. The summed E-state index contributed by atoms with van der Waals surface area (Å²) in [6.45, 7) is 1.23. The quantitative estimate of drug-likeness (QED) is 0.766. The van der Waals surface area contributed by atoms with E-state index < -0.39 is 18.6 Å². The van der Waals surface area contributed by atoms with Crippen molar-refractivity contribution in [2.45, 2.75) is 19.4 Å². The summed E-state index contributed by atoms with van der Waals surface area (Å²) in [6, 6.07) is 4.24. The average Bonchev–Trinajstić information content (AvgIpc) is 2.20. The maximum atomic E-state index is 13.3. The maximum Gasteiger partial charge on any atom is 0.165 e. The minimum atomic E-state index is -0.709. The summed E-state index contributed by atoms with van der Waals surface area (Å²) >= 11 is 0. The summed E-state index contributed by atoms with van der Waals surface area (Å²) in [5, 5.41) is 9.20. The van der Waals surface area contributed by atoms with Crippen molar-refractivity contribution in [1.82, 2.24) is 0 Å². The van der Waals surface area contributed by atoms with Crippen LogP contribution < -0.4 is 4.74 Å². The van der Waals surface area contributed by atoms with Gasteiger partial charge in [0.15, 0.2) is 11.6 Å². The van der Waals surface area contributed by atoms with Gasteiger partial charge in [-0.05, 0) is 24.6 Å². The molecule has 0 aliphatic carbocycles. The minimum Gasteiger partial charge on any atom is -0.490 e. The van der Waals surface area contributed by atoms with E-state index in [4.69, 9.17) is 4.74 Å². The van der Waals surface area contributed by atoms with Crippen molar-refractivity contribution in [3.63, 3.8) is 0 Å². The molecule has 4 heteroatoms. The number of halogens is 2. The highest BCUT2D eigenvalue weighted by molar-refractivity contribution is 5.30. The second kappa shape index (κ2) is 5.66. The van der Waals surface area contributed by atoms with Crippen molar-refractivity contribution >= 4 is 0 Å². The average molecular weight is 216 g/mol. The van der Waals surface area contributed by atoms with E-state index in [-0.39, 0.29) is 18.8 Å². The van der Waals surface area contributed by atoms with Crippen molar-refractivity contribution in [1.29, 1.82) is 0 Å². The largest absolute Gasteiger partial charge is 0.490 e. The Morgan fingerprint density at radius 2 is 2.20 bits per heavy atom. The van der Waals surface area contributed by atoms with Gasteiger partial charge < -0.3 is 9.84 Å². The van der Waals surface area contributed by atoms with Crippen LogP contribution in [0.3, 0.4) is 0 Å². The van der Waals surface area contributed by atoms with Crippen LogP contribution in [0.5, 0.6) is 5.75 Å². The fraction of sp³-hybridized carbons (Fsp3) is 0.455. The molecule has 0 fully saturated rings. The Labute approximate surface area is 87.5 Å². The zero-order chi connectivity index (χ0) is 11.3. The predicted molar refractivity (Wildman–Crippen MR) is 53.1 cm³/mol. The van der Waals surface area contributed by atoms with Gasteiger partial charge in [0.05, 0.1) is 19.4 Å². The highest BCUT2D eigenvalue weighted by Gasteiger charge is 2.07. The van der Waals surface area contributed by atoms with E-state index in [9.17, 15) is 13.9 Å². The van der Waals surface area contributed by atoms with E-state index in [1.54, 1.807) is 13.0 Å². The van der Waals surface area contributed by atoms with Crippen LogP contribution in [0.2, 0.25) is 0 Å². The van der Waals surface area contributed by atoms with E-state index in [2.05, 4.69) is 0 Å². The van der Waals surface area contributed by atoms with Gasteiger partial charge in [-0.3, -0.25) is 4.39 Å². The van der Waals surface area contributed by atoms with Gasteiger partial charge in [-0.1, -0.05) is 6.07 Å². The van der Waals surface area contributed by atoms with E-state index in [1.807, 2.05) is 0 Å². The number of aliphatic hydroxyl groups is 1. The highest BCUT2D eigenvalue weighted by Crippen LogP contribution is 2.21. The van der Waals surface area contributed by atoms with Gasteiger partial charge in [-0.2, -0.15) is 0 Å². The van der Waals surface area contributed by atoms with Crippen molar-refractivity contribution in [2.24, 2.45) is 0 Å². The molecule has 0 heterocycles. The van der Waals surface area contributed by atoms with Crippen LogP contribution in [0.4, 0.5) is 8.78 Å². The summed E-state index contributed by atoms with van der Waals surface area (Å²) in [4.78, 5) is 0. The molecule has 1 rings (SSSR count). The molecule has 15 heavy (non-hydrogen) atoms. The number of alkyl halides is 1. The van der Waals surface area contributed by atoms with E-state index in [0.29, 0.717) is 5.56 Å². The van der Waals surface area contributed by atoms with Crippen molar-refractivity contribution in [3.05, 3.63) is 29.6 Å². The molecule has 0 saturated heterocycles. The fourth-order valence-corrected chi connectivity index (χ4v) is 1.13. The second-order valence-corrected chi connectivity index (χ2v) is 3.26. The molecule has 0 amide bonds. The second-order valence-electron chi connectivity index (χ2n) is 3.26. The van der Waals surface area contributed by atoms with Crippen molar-refractivity contribution in [3.8, 4) is 5.75 Å². The summed E-state index contributed by atoms with van der Waals surface area (Å²) in [7, 11) is 0. The third kappa shape index (κ3) is 3.47. The number of hydrogen-bond donors (Lipinski definition) is 1. The summed E-state index contributed by atoms with van der Waals surface area (Å²) in [6.07, 6.45) is -0.461. The highest BCUT2D eigenvalue weighted by atomic mass is 19.1. The molecule has 1 N–H and O–H groups in total.